The van der Waals surface area contributed by atoms with E-state index >= 15 is 0 Å². The molecule has 0 unspecified atom stereocenters. The third-order valence-corrected chi connectivity index (χ3v) is 2.53. The Balaban J connectivity index is 3.61. The predicted octanol–water partition coefficient (Wildman–Crippen LogP) is -1.73. The van der Waals surface area contributed by atoms with E-state index in [2.05, 4.69) is 4.98 Å². The number of primary amides is 1. The average molecular weight is 217 g/mol. The van der Waals surface area contributed by atoms with Gasteiger partial charge in [-0.3, -0.25) is 4.79 Å². The number of carbonyl (C=O) groups excluding carboxylic acids is 1. The highest BCUT2D eigenvalue weighted by molar-refractivity contribution is 7.90. The van der Waals surface area contributed by atoms with Crippen molar-refractivity contribution in [1.82, 2.24) is 9.97 Å². The van der Waals surface area contributed by atoms with Gasteiger partial charge < -0.3 is 10.7 Å². The predicted molar refractivity (Wildman–Crippen MR) is 46.5 cm³/mol. The number of hydrogen-bond acceptors (Lipinski definition) is 5. The van der Waals surface area contributed by atoms with Gasteiger partial charge in [0, 0.05) is 6.26 Å². The number of carbonyl (C=O) groups is 1. The third kappa shape index (κ3) is 1.96. The van der Waals surface area contributed by atoms with E-state index in [0.717, 1.165) is 12.5 Å². The zero-order valence-corrected chi connectivity index (χ0v) is 7.96. The number of nitrogens with zero attached hydrogens (tertiary/aromatic N) is 1. The molecule has 0 aliphatic carbocycles. The molecule has 0 radical (unpaired) electrons. The Morgan fingerprint density at radius 3 is 2.57 bits per heavy atom. The van der Waals surface area contributed by atoms with Gasteiger partial charge in [-0.25, -0.2) is 18.2 Å². The fourth-order valence-electron chi connectivity index (χ4n) is 0.847. The standard InChI is InChI=1S/C6H7N3O4S/c1-14(12,13)3-2-8-6(11)9-4(3)5(7)10/h2H,1H3,(H2,7,10)(H,8,9,11). The molecule has 0 bridgehead atoms. The van der Waals surface area contributed by atoms with Crippen LogP contribution in [0, 0.1) is 0 Å². The molecule has 0 aromatic carbocycles. The van der Waals surface area contributed by atoms with Crippen LogP contribution in [0.4, 0.5) is 0 Å². The lowest BCUT2D eigenvalue weighted by Gasteiger charge is -2.01. The zero-order chi connectivity index (χ0) is 10.9. The molecule has 1 amide bonds. The van der Waals surface area contributed by atoms with Crippen LogP contribution < -0.4 is 11.4 Å². The molecule has 1 aromatic rings. The van der Waals surface area contributed by atoms with Crippen LogP contribution in [0.25, 0.3) is 0 Å². The molecule has 7 nitrogen and oxygen atoms in total. The maximum Gasteiger partial charge on any atom is 0.345 e. The van der Waals surface area contributed by atoms with E-state index in [9.17, 15) is 18.0 Å². The first-order valence-electron chi connectivity index (χ1n) is 3.41. The lowest BCUT2D eigenvalue weighted by molar-refractivity contribution is 0.0991. The highest BCUT2D eigenvalue weighted by Gasteiger charge is 2.18. The second-order valence-electron chi connectivity index (χ2n) is 2.56. The average Bonchev–Trinajstić information content (AvgIpc) is 2.01. The molecule has 0 fully saturated rings. The van der Waals surface area contributed by atoms with Gasteiger partial charge in [-0.1, -0.05) is 0 Å². The van der Waals surface area contributed by atoms with Crippen LogP contribution in [-0.2, 0) is 9.84 Å². The van der Waals surface area contributed by atoms with Crippen molar-refractivity contribution < 1.29 is 13.2 Å². The zero-order valence-electron chi connectivity index (χ0n) is 7.14. The summed E-state index contributed by atoms with van der Waals surface area (Å²) in [7, 11) is -3.63. The summed E-state index contributed by atoms with van der Waals surface area (Å²) in [5.41, 5.74) is 3.60. The van der Waals surface area contributed by atoms with E-state index < -0.39 is 27.1 Å². The van der Waals surface area contributed by atoms with Gasteiger partial charge in [0.25, 0.3) is 5.91 Å². The maximum absolute atomic E-state index is 11.1. The Labute approximate surface area is 78.9 Å². The van der Waals surface area contributed by atoms with Gasteiger partial charge in [0.2, 0.25) is 0 Å². The fourth-order valence-corrected chi connectivity index (χ4v) is 1.61. The number of sulfone groups is 1. The van der Waals surface area contributed by atoms with Crippen LogP contribution in [0.5, 0.6) is 0 Å². The summed E-state index contributed by atoms with van der Waals surface area (Å²) in [6.45, 7) is 0. The summed E-state index contributed by atoms with van der Waals surface area (Å²) in [4.78, 5) is 26.3. The molecule has 8 heteroatoms. The molecule has 0 spiro atoms. The molecular weight excluding hydrogens is 210 g/mol. The SMILES string of the molecule is CS(=O)(=O)c1cnc(=O)[nH]c1C(N)=O. The van der Waals surface area contributed by atoms with E-state index in [1.165, 1.54) is 0 Å². The molecule has 0 saturated heterocycles. The van der Waals surface area contributed by atoms with Crippen molar-refractivity contribution >= 4 is 15.7 Å². The van der Waals surface area contributed by atoms with Gasteiger partial charge in [0.05, 0.1) is 6.20 Å². The summed E-state index contributed by atoms with van der Waals surface area (Å²) in [6.07, 6.45) is 1.68. The molecule has 1 heterocycles. The minimum atomic E-state index is -3.63. The monoisotopic (exact) mass is 217 g/mol. The Morgan fingerprint density at radius 1 is 1.57 bits per heavy atom. The Hall–Kier alpha value is -1.70. The number of aromatic amines is 1. The van der Waals surface area contributed by atoms with Gasteiger partial charge in [-0.2, -0.15) is 0 Å². The molecule has 0 aliphatic heterocycles. The molecule has 76 valence electrons. The third-order valence-electron chi connectivity index (χ3n) is 1.42. The summed E-state index contributed by atoms with van der Waals surface area (Å²) in [5, 5.41) is 0. The first-order valence-corrected chi connectivity index (χ1v) is 5.30. The van der Waals surface area contributed by atoms with Crippen LogP contribution in [0.3, 0.4) is 0 Å². The smallest absolute Gasteiger partial charge is 0.345 e. The molecule has 0 aliphatic rings. The molecule has 3 N–H and O–H groups in total. The van der Waals surface area contributed by atoms with Crippen molar-refractivity contribution in [2.45, 2.75) is 4.90 Å². The van der Waals surface area contributed by atoms with Crippen molar-refractivity contribution in [2.24, 2.45) is 5.73 Å². The Morgan fingerprint density at radius 2 is 2.14 bits per heavy atom. The highest BCUT2D eigenvalue weighted by Crippen LogP contribution is 2.08. The van der Waals surface area contributed by atoms with E-state index in [-0.39, 0.29) is 4.90 Å². The molecule has 0 atom stereocenters. The topological polar surface area (TPSA) is 123 Å². The summed E-state index contributed by atoms with van der Waals surface area (Å²) in [6, 6.07) is 0. The molecule has 1 aromatic heterocycles. The van der Waals surface area contributed by atoms with Crippen molar-refractivity contribution in [2.75, 3.05) is 6.26 Å². The fraction of sp³-hybridized carbons (Fsp3) is 0.167. The van der Waals surface area contributed by atoms with Crippen LogP contribution in [-0.4, -0.2) is 30.5 Å². The van der Waals surface area contributed by atoms with E-state index in [1.54, 1.807) is 0 Å². The first kappa shape index (κ1) is 10.4. The lowest BCUT2D eigenvalue weighted by Crippen LogP contribution is -2.24. The number of amides is 1. The normalized spacial score (nSPS) is 11.2. The van der Waals surface area contributed by atoms with Crippen LogP contribution in [0.2, 0.25) is 0 Å². The highest BCUT2D eigenvalue weighted by atomic mass is 32.2. The number of hydrogen-bond donors (Lipinski definition) is 2. The lowest BCUT2D eigenvalue weighted by atomic mass is 10.4. The number of nitrogens with one attached hydrogen (secondary N) is 1. The first-order chi connectivity index (χ1) is 6.32. The van der Waals surface area contributed by atoms with Crippen molar-refractivity contribution in [1.29, 1.82) is 0 Å². The van der Waals surface area contributed by atoms with E-state index in [0.29, 0.717) is 0 Å². The minimum absolute atomic E-state index is 0.385. The Kier molecular flexibility index (Phi) is 2.39. The van der Waals surface area contributed by atoms with E-state index in [1.807, 2.05) is 4.98 Å². The molecule has 14 heavy (non-hydrogen) atoms. The second-order valence-corrected chi connectivity index (χ2v) is 4.55. The van der Waals surface area contributed by atoms with Gasteiger partial charge in [-0.05, 0) is 0 Å². The number of rotatable bonds is 2. The van der Waals surface area contributed by atoms with E-state index in [4.69, 9.17) is 5.73 Å². The number of aromatic nitrogens is 2. The Bertz CT molecular complexity index is 530. The molecule has 0 saturated carbocycles. The summed E-state index contributed by atoms with van der Waals surface area (Å²) < 4.78 is 22.2. The van der Waals surface area contributed by atoms with Crippen molar-refractivity contribution in [3.8, 4) is 0 Å². The van der Waals surface area contributed by atoms with Gasteiger partial charge >= 0.3 is 5.69 Å². The minimum Gasteiger partial charge on any atom is -0.364 e. The van der Waals surface area contributed by atoms with Crippen molar-refractivity contribution in [3.63, 3.8) is 0 Å². The number of H-pyrrole nitrogens is 1. The van der Waals surface area contributed by atoms with Crippen LogP contribution in [0.1, 0.15) is 10.5 Å². The van der Waals surface area contributed by atoms with Gasteiger partial charge in [0.15, 0.2) is 9.84 Å². The van der Waals surface area contributed by atoms with Gasteiger partial charge in [0.1, 0.15) is 10.6 Å². The van der Waals surface area contributed by atoms with Crippen LogP contribution in [0.15, 0.2) is 15.9 Å². The largest absolute Gasteiger partial charge is 0.364 e. The molecular formula is C6H7N3O4S. The second kappa shape index (κ2) is 3.22. The summed E-state index contributed by atoms with van der Waals surface area (Å²) >= 11 is 0. The van der Waals surface area contributed by atoms with Crippen molar-refractivity contribution in [3.05, 3.63) is 22.4 Å². The molecule has 1 rings (SSSR count). The quantitative estimate of drug-likeness (QED) is 0.609. The maximum atomic E-state index is 11.1. The van der Waals surface area contributed by atoms with Crippen LogP contribution >= 0.6 is 0 Å². The van der Waals surface area contributed by atoms with Gasteiger partial charge in [-0.15, -0.1) is 0 Å². The summed E-state index contributed by atoms with van der Waals surface area (Å²) in [5.74, 6) is -1.02. The number of nitrogens with two attached hydrogens (primary N) is 1.